The Morgan fingerprint density at radius 3 is 2.88 bits per heavy atom. The summed E-state index contributed by atoms with van der Waals surface area (Å²) >= 11 is 0. The van der Waals surface area contributed by atoms with Gasteiger partial charge in [0.05, 0.1) is 6.10 Å². The number of hydrogen-bond donors (Lipinski definition) is 2. The van der Waals surface area contributed by atoms with Crippen LogP contribution < -0.4 is 5.32 Å². The van der Waals surface area contributed by atoms with Gasteiger partial charge in [0.15, 0.2) is 0 Å². The highest BCUT2D eigenvalue weighted by molar-refractivity contribution is 5.19. The van der Waals surface area contributed by atoms with Crippen LogP contribution in [0.25, 0.3) is 0 Å². The lowest BCUT2D eigenvalue weighted by atomic mass is 10.1. The number of halogens is 1. The molecule has 2 rings (SSSR count). The van der Waals surface area contributed by atoms with E-state index in [1.807, 2.05) is 13.0 Å². The average Bonchev–Trinajstić information content (AvgIpc) is 2.64. The van der Waals surface area contributed by atoms with Crippen molar-refractivity contribution in [3.63, 3.8) is 0 Å². The highest BCUT2D eigenvalue weighted by Crippen LogP contribution is 2.22. The second-order valence-corrected chi connectivity index (χ2v) is 4.55. The van der Waals surface area contributed by atoms with Gasteiger partial charge >= 0.3 is 0 Å². The van der Waals surface area contributed by atoms with Gasteiger partial charge in [-0.15, -0.1) is 0 Å². The molecule has 3 atom stereocenters. The van der Waals surface area contributed by atoms with E-state index in [0.29, 0.717) is 0 Å². The third-order valence-electron chi connectivity index (χ3n) is 3.29. The molecule has 0 saturated heterocycles. The number of rotatable bonds is 3. The maximum absolute atomic E-state index is 13.0. The summed E-state index contributed by atoms with van der Waals surface area (Å²) in [4.78, 5) is 0. The van der Waals surface area contributed by atoms with Crippen molar-refractivity contribution in [2.45, 2.75) is 44.4 Å². The third-order valence-corrected chi connectivity index (χ3v) is 3.29. The first kappa shape index (κ1) is 11.6. The van der Waals surface area contributed by atoms with Gasteiger partial charge in [-0.1, -0.05) is 12.1 Å². The van der Waals surface area contributed by atoms with E-state index >= 15 is 0 Å². The second-order valence-electron chi connectivity index (χ2n) is 4.55. The highest BCUT2D eigenvalue weighted by atomic mass is 19.1. The Labute approximate surface area is 95.5 Å². The van der Waals surface area contributed by atoms with E-state index in [0.717, 1.165) is 24.8 Å². The lowest BCUT2D eigenvalue weighted by Gasteiger charge is -2.22. The maximum atomic E-state index is 13.0. The molecule has 0 heterocycles. The van der Waals surface area contributed by atoms with Crippen molar-refractivity contribution in [1.82, 2.24) is 5.32 Å². The van der Waals surface area contributed by atoms with Crippen LogP contribution in [0, 0.1) is 5.82 Å². The Kier molecular flexibility index (Phi) is 3.56. The highest BCUT2D eigenvalue weighted by Gasteiger charge is 2.26. The van der Waals surface area contributed by atoms with Gasteiger partial charge in [0.25, 0.3) is 0 Å². The Bertz CT molecular complexity index is 356. The van der Waals surface area contributed by atoms with Crippen LogP contribution in [0.15, 0.2) is 24.3 Å². The topological polar surface area (TPSA) is 32.3 Å². The molecule has 0 amide bonds. The first-order valence-corrected chi connectivity index (χ1v) is 5.86. The summed E-state index contributed by atoms with van der Waals surface area (Å²) in [6.45, 7) is 2.00. The quantitative estimate of drug-likeness (QED) is 0.824. The average molecular weight is 223 g/mol. The molecular weight excluding hydrogens is 205 g/mol. The molecule has 1 aromatic rings. The van der Waals surface area contributed by atoms with Gasteiger partial charge in [0.2, 0.25) is 0 Å². The van der Waals surface area contributed by atoms with Gasteiger partial charge in [0, 0.05) is 12.1 Å². The fourth-order valence-corrected chi connectivity index (χ4v) is 2.33. The van der Waals surface area contributed by atoms with Crippen LogP contribution >= 0.6 is 0 Å². The molecule has 0 spiro atoms. The van der Waals surface area contributed by atoms with Crippen LogP contribution in [0.4, 0.5) is 4.39 Å². The molecule has 0 radical (unpaired) electrons. The lowest BCUT2D eigenvalue weighted by molar-refractivity contribution is 0.144. The summed E-state index contributed by atoms with van der Waals surface area (Å²) in [5.41, 5.74) is 0.930. The molecule has 1 fully saturated rings. The summed E-state index contributed by atoms with van der Waals surface area (Å²) in [7, 11) is 0. The van der Waals surface area contributed by atoms with E-state index in [4.69, 9.17) is 0 Å². The number of nitrogens with one attached hydrogen (secondary N) is 1. The molecule has 3 heteroatoms. The van der Waals surface area contributed by atoms with Gasteiger partial charge in [-0.05, 0) is 43.9 Å². The second kappa shape index (κ2) is 4.93. The Morgan fingerprint density at radius 1 is 1.44 bits per heavy atom. The molecule has 1 aliphatic carbocycles. The zero-order valence-electron chi connectivity index (χ0n) is 9.49. The van der Waals surface area contributed by atoms with Crippen LogP contribution in [-0.4, -0.2) is 17.3 Å². The van der Waals surface area contributed by atoms with Crippen LogP contribution in [0.1, 0.15) is 37.8 Å². The first-order valence-electron chi connectivity index (χ1n) is 5.86. The third kappa shape index (κ3) is 2.60. The smallest absolute Gasteiger partial charge is 0.123 e. The van der Waals surface area contributed by atoms with E-state index in [1.54, 1.807) is 12.1 Å². The van der Waals surface area contributed by atoms with Crippen LogP contribution in [-0.2, 0) is 0 Å². The Hall–Kier alpha value is -0.930. The molecule has 0 bridgehead atoms. The molecule has 88 valence electrons. The summed E-state index contributed by atoms with van der Waals surface area (Å²) in [5, 5.41) is 13.1. The molecule has 1 saturated carbocycles. The van der Waals surface area contributed by atoms with Crippen LogP contribution in [0.5, 0.6) is 0 Å². The zero-order valence-corrected chi connectivity index (χ0v) is 9.49. The SMILES string of the molecule is C[C@H](N[C@H]1CCC[C@@H]1O)c1cccc(F)c1. The van der Waals surface area contributed by atoms with Gasteiger partial charge < -0.3 is 10.4 Å². The first-order chi connectivity index (χ1) is 7.66. The van der Waals surface area contributed by atoms with E-state index in [2.05, 4.69) is 5.32 Å². The van der Waals surface area contributed by atoms with E-state index in [-0.39, 0.29) is 24.0 Å². The molecular formula is C13H18FNO. The van der Waals surface area contributed by atoms with Crippen LogP contribution in [0.2, 0.25) is 0 Å². The molecule has 2 N–H and O–H groups in total. The minimum Gasteiger partial charge on any atom is -0.392 e. The molecule has 1 aliphatic rings. The van der Waals surface area contributed by atoms with Gasteiger partial charge in [-0.3, -0.25) is 0 Å². The number of hydrogen-bond acceptors (Lipinski definition) is 2. The van der Waals surface area contributed by atoms with E-state index in [1.165, 1.54) is 6.07 Å². The van der Waals surface area contributed by atoms with Crippen LogP contribution in [0.3, 0.4) is 0 Å². The molecule has 0 aliphatic heterocycles. The van der Waals surface area contributed by atoms with Crippen molar-refractivity contribution in [3.8, 4) is 0 Å². The van der Waals surface area contributed by atoms with Gasteiger partial charge in [0.1, 0.15) is 5.82 Å². The predicted molar refractivity (Wildman–Crippen MR) is 61.6 cm³/mol. The Balaban J connectivity index is 1.99. The van der Waals surface area contributed by atoms with Crippen molar-refractivity contribution in [1.29, 1.82) is 0 Å². The largest absolute Gasteiger partial charge is 0.392 e. The summed E-state index contributed by atoms with van der Waals surface area (Å²) in [6.07, 6.45) is 2.68. The van der Waals surface area contributed by atoms with Gasteiger partial charge in [-0.2, -0.15) is 0 Å². The standard InChI is InChI=1S/C13H18FNO/c1-9(10-4-2-5-11(14)8-10)15-12-6-3-7-13(12)16/h2,4-5,8-9,12-13,15-16H,3,6-7H2,1H3/t9-,12-,13-/m0/s1. The van der Waals surface area contributed by atoms with Crippen molar-refractivity contribution >= 4 is 0 Å². The fraction of sp³-hybridized carbons (Fsp3) is 0.538. The number of aliphatic hydroxyl groups is 1. The lowest BCUT2D eigenvalue weighted by Crippen LogP contribution is -2.37. The van der Waals surface area contributed by atoms with E-state index in [9.17, 15) is 9.50 Å². The fourth-order valence-electron chi connectivity index (χ4n) is 2.33. The molecule has 1 aromatic carbocycles. The monoisotopic (exact) mass is 223 g/mol. The Morgan fingerprint density at radius 2 is 2.25 bits per heavy atom. The molecule has 0 aromatic heterocycles. The van der Waals surface area contributed by atoms with Crippen molar-refractivity contribution in [2.24, 2.45) is 0 Å². The minimum absolute atomic E-state index is 0.0773. The zero-order chi connectivity index (χ0) is 11.5. The normalized spacial score (nSPS) is 26.9. The molecule has 16 heavy (non-hydrogen) atoms. The number of aliphatic hydroxyl groups excluding tert-OH is 1. The summed E-state index contributed by atoms with van der Waals surface area (Å²) < 4.78 is 13.0. The van der Waals surface area contributed by atoms with Gasteiger partial charge in [-0.25, -0.2) is 4.39 Å². The molecule has 0 unspecified atom stereocenters. The summed E-state index contributed by atoms with van der Waals surface area (Å²) in [6, 6.07) is 6.84. The maximum Gasteiger partial charge on any atom is 0.123 e. The number of benzene rings is 1. The van der Waals surface area contributed by atoms with Crippen molar-refractivity contribution in [2.75, 3.05) is 0 Å². The van der Waals surface area contributed by atoms with Crippen molar-refractivity contribution in [3.05, 3.63) is 35.6 Å². The van der Waals surface area contributed by atoms with Crippen molar-refractivity contribution < 1.29 is 9.50 Å². The minimum atomic E-state index is -0.254. The molecule has 2 nitrogen and oxygen atoms in total. The predicted octanol–water partition coefficient (Wildman–Crippen LogP) is 2.39. The van der Waals surface area contributed by atoms with E-state index < -0.39 is 0 Å². The summed E-state index contributed by atoms with van der Waals surface area (Å²) in [5.74, 6) is -0.210.